The smallest absolute Gasteiger partial charge is 0.227 e. The summed E-state index contributed by atoms with van der Waals surface area (Å²) >= 11 is 1.60. The van der Waals surface area contributed by atoms with Gasteiger partial charge in [0.25, 0.3) is 0 Å². The summed E-state index contributed by atoms with van der Waals surface area (Å²) in [5.41, 5.74) is 9.44. The van der Waals surface area contributed by atoms with Crippen LogP contribution in [0.25, 0.3) is 21.3 Å². The largest absolute Gasteiger partial charge is 0.403 e. The molecule has 3 aromatic rings. The Morgan fingerprint density at radius 3 is 2.88 bits per heavy atom. The Balaban J connectivity index is 2.15. The Morgan fingerprint density at radius 1 is 1.36 bits per heavy atom. The van der Waals surface area contributed by atoms with Gasteiger partial charge in [0, 0.05) is 35.5 Å². The van der Waals surface area contributed by atoms with Crippen LogP contribution in [-0.4, -0.2) is 29.5 Å². The number of aromatic nitrogens is 2. The second-order valence-corrected chi connectivity index (χ2v) is 6.54. The van der Waals surface area contributed by atoms with Crippen LogP contribution in [0.2, 0.25) is 0 Å². The first-order valence-corrected chi connectivity index (χ1v) is 8.41. The average Bonchev–Trinajstić information content (AvgIpc) is 2.96. The van der Waals surface area contributed by atoms with Crippen LogP contribution in [0.5, 0.6) is 0 Å². The predicted molar refractivity (Wildman–Crippen MR) is 103 cm³/mol. The number of aliphatic imine (C=N–C) groups is 1. The number of aldehydes is 1. The Kier molecular flexibility index (Phi) is 4.85. The highest BCUT2D eigenvalue weighted by Crippen LogP contribution is 2.38. The Hall–Kier alpha value is -3.06. The second kappa shape index (κ2) is 7.23. The molecule has 25 heavy (non-hydrogen) atoms. The number of rotatable bonds is 5. The summed E-state index contributed by atoms with van der Waals surface area (Å²) in [6.07, 6.45) is 5.63. The van der Waals surface area contributed by atoms with Gasteiger partial charge in [-0.1, -0.05) is 24.3 Å². The quantitative estimate of drug-likeness (QED) is 0.543. The van der Waals surface area contributed by atoms with E-state index in [2.05, 4.69) is 20.3 Å². The molecule has 3 N–H and O–H groups in total. The Bertz CT molecular complexity index is 990. The lowest BCUT2D eigenvalue weighted by molar-refractivity contribution is 0.112. The van der Waals surface area contributed by atoms with E-state index in [1.165, 1.54) is 6.20 Å². The van der Waals surface area contributed by atoms with Crippen LogP contribution in [-0.2, 0) is 0 Å². The number of hydrogen-bond acceptors (Lipinski definition) is 7. The molecule has 2 aromatic heterocycles. The normalized spacial score (nSPS) is 12.0. The van der Waals surface area contributed by atoms with E-state index in [4.69, 9.17) is 5.73 Å². The monoisotopic (exact) mass is 351 g/mol. The fourth-order valence-corrected chi connectivity index (χ4v) is 3.59. The molecule has 0 amide bonds. The van der Waals surface area contributed by atoms with Gasteiger partial charge in [-0.15, -0.1) is 11.3 Å². The summed E-state index contributed by atoms with van der Waals surface area (Å²) in [6, 6.07) is 7.50. The van der Waals surface area contributed by atoms with Gasteiger partial charge in [-0.2, -0.15) is 0 Å². The standard InChI is InChI=1S/C18H17N5OS/c1-11-16(14-6-4-3-5-12(14)10-24)17-15(25-11)9-21-18(23-17)22-13(7-19)8-20-2/h3-10H,19H2,1-2H3,(H,21,22,23). The van der Waals surface area contributed by atoms with Gasteiger partial charge >= 0.3 is 0 Å². The molecule has 3 rings (SSSR count). The van der Waals surface area contributed by atoms with Crippen molar-refractivity contribution in [2.75, 3.05) is 12.4 Å². The molecule has 0 bridgehead atoms. The first-order valence-electron chi connectivity index (χ1n) is 7.59. The third-order valence-corrected chi connectivity index (χ3v) is 4.70. The average molecular weight is 351 g/mol. The van der Waals surface area contributed by atoms with Crippen LogP contribution in [0.1, 0.15) is 15.2 Å². The van der Waals surface area contributed by atoms with Gasteiger partial charge in [-0.3, -0.25) is 9.79 Å². The van der Waals surface area contributed by atoms with Crippen molar-refractivity contribution >= 4 is 40.0 Å². The van der Waals surface area contributed by atoms with E-state index >= 15 is 0 Å². The number of benzene rings is 1. The van der Waals surface area contributed by atoms with Gasteiger partial charge in [0.15, 0.2) is 6.29 Å². The number of nitrogens with one attached hydrogen (secondary N) is 1. The minimum absolute atomic E-state index is 0.423. The first kappa shape index (κ1) is 16.8. The molecular formula is C18H17N5OS. The van der Waals surface area contributed by atoms with Crippen LogP contribution in [0.3, 0.4) is 0 Å². The maximum absolute atomic E-state index is 11.4. The van der Waals surface area contributed by atoms with Crippen molar-refractivity contribution < 1.29 is 4.79 Å². The number of nitrogens with zero attached hydrogens (tertiary/aromatic N) is 3. The lowest BCUT2D eigenvalue weighted by atomic mass is 10.0. The SMILES string of the molecule is CN=CC(=CN)Nc1ncc2sc(C)c(-c3ccccc3C=O)c2n1. The lowest BCUT2D eigenvalue weighted by Crippen LogP contribution is -2.06. The molecule has 0 saturated carbocycles. The highest BCUT2D eigenvalue weighted by atomic mass is 32.1. The molecule has 0 atom stereocenters. The zero-order valence-corrected chi connectivity index (χ0v) is 14.7. The van der Waals surface area contributed by atoms with E-state index in [1.54, 1.807) is 36.9 Å². The predicted octanol–water partition coefficient (Wildman–Crippen LogP) is 3.39. The lowest BCUT2D eigenvalue weighted by Gasteiger charge is -2.07. The molecule has 6 nitrogen and oxygen atoms in total. The number of carbonyl (C=O) groups is 1. The van der Waals surface area contributed by atoms with Gasteiger partial charge < -0.3 is 11.1 Å². The summed E-state index contributed by atoms with van der Waals surface area (Å²) in [7, 11) is 1.66. The number of hydrogen-bond donors (Lipinski definition) is 2. The van der Waals surface area contributed by atoms with E-state index in [0.29, 0.717) is 17.2 Å². The highest BCUT2D eigenvalue weighted by molar-refractivity contribution is 7.19. The molecule has 0 saturated heterocycles. The fraction of sp³-hybridized carbons (Fsp3) is 0.111. The molecule has 0 aliphatic carbocycles. The number of thiophene rings is 1. The van der Waals surface area contributed by atoms with Crippen LogP contribution in [0.15, 0.2) is 47.4 Å². The van der Waals surface area contributed by atoms with Crippen LogP contribution in [0, 0.1) is 6.92 Å². The van der Waals surface area contributed by atoms with E-state index in [0.717, 1.165) is 32.5 Å². The van der Waals surface area contributed by atoms with E-state index in [-0.39, 0.29) is 0 Å². The third-order valence-electron chi connectivity index (χ3n) is 3.67. The van der Waals surface area contributed by atoms with Gasteiger partial charge in [-0.25, -0.2) is 9.97 Å². The second-order valence-electron chi connectivity index (χ2n) is 5.28. The van der Waals surface area contributed by atoms with Gasteiger partial charge in [-0.05, 0) is 12.5 Å². The summed E-state index contributed by atoms with van der Waals surface area (Å²) in [5, 5.41) is 3.04. The summed E-state index contributed by atoms with van der Waals surface area (Å²) < 4.78 is 0.959. The van der Waals surface area contributed by atoms with Crippen molar-refractivity contribution in [2.24, 2.45) is 10.7 Å². The van der Waals surface area contributed by atoms with Crippen molar-refractivity contribution in [3.63, 3.8) is 0 Å². The number of allylic oxidation sites excluding steroid dienone is 1. The summed E-state index contributed by atoms with van der Waals surface area (Å²) in [5.74, 6) is 0.423. The number of anilines is 1. The Morgan fingerprint density at radius 2 is 2.16 bits per heavy atom. The Labute approximate surface area is 149 Å². The zero-order valence-electron chi connectivity index (χ0n) is 13.9. The minimum atomic E-state index is 0.423. The molecule has 0 radical (unpaired) electrons. The summed E-state index contributed by atoms with van der Waals surface area (Å²) in [6.45, 7) is 2.02. The maximum Gasteiger partial charge on any atom is 0.227 e. The minimum Gasteiger partial charge on any atom is -0.403 e. The maximum atomic E-state index is 11.4. The zero-order chi connectivity index (χ0) is 17.8. The molecular weight excluding hydrogens is 334 g/mol. The molecule has 7 heteroatoms. The molecule has 2 heterocycles. The van der Waals surface area contributed by atoms with Crippen LogP contribution >= 0.6 is 11.3 Å². The molecule has 0 fully saturated rings. The summed E-state index contributed by atoms with van der Waals surface area (Å²) in [4.78, 5) is 25.4. The van der Waals surface area contributed by atoms with Crippen LogP contribution < -0.4 is 11.1 Å². The van der Waals surface area contributed by atoms with Crippen molar-refractivity contribution in [1.82, 2.24) is 9.97 Å². The van der Waals surface area contributed by atoms with Gasteiger partial charge in [0.1, 0.15) is 0 Å². The number of fused-ring (bicyclic) bond motifs is 1. The van der Waals surface area contributed by atoms with Crippen LogP contribution in [0.4, 0.5) is 5.95 Å². The van der Waals surface area contributed by atoms with Crippen molar-refractivity contribution in [3.8, 4) is 11.1 Å². The van der Waals surface area contributed by atoms with E-state index in [1.807, 2.05) is 25.1 Å². The van der Waals surface area contributed by atoms with Gasteiger partial charge in [0.05, 0.1) is 22.1 Å². The number of aryl methyl sites for hydroxylation is 1. The molecule has 1 aromatic carbocycles. The van der Waals surface area contributed by atoms with E-state index < -0.39 is 0 Å². The van der Waals surface area contributed by atoms with Gasteiger partial charge in [0.2, 0.25) is 5.95 Å². The molecule has 126 valence electrons. The molecule has 0 aliphatic heterocycles. The highest BCUT2D eigenvalue weighted by Gasteiger charge is 2.16. The molecule has 0 unspecified atom stereocenters. The number of carbonyl (C=O) groups excluding carboxylic acids is 1. The van der Waals surface area contributed by atoms with Crippen molar-refractivity contribution in [3.05, 3.63) is 52.8 Å². The van der Waals surface area contributed by atoms with Crippen molar-refractivity contribution in [1.29, 1.82) is 0 Å². The third kappa shape index (κ3) is 3.27. The van der Waals surface area contributed by atoms with E-state index in [9.17, 15) is 4.79 Å². The molecule has 0 spiro atoms. The number of nitrogens with two attached hydrogens (primary N) is 1. The fourth-order valence-electron chi connectivity index (χ4n) is 2.60. The topological polar surface area (TPSA) is 93.3 Å². The first-order chi connectivity index (χ1) is 12.2. The van der Waals surface area contributed by atoms with Crippen molar-refractivity contribution in [2.45, 2.75) is 6.92 Å². The molecule has 0 aliphatic rings.